The molecule has 1 amide bonds. The molecule has 4 aromatic rings. The van der Waals surface area contributed by atoms with Crippen molar-refractivity contribution in [1.82, 2.24) is 9.97 Å². The van der Waals surface area contributed by atoms with Crippen molar-refractivity contribution in [2.45, 2.75) is 13.3 Å². The van der Waals surface area contributed by atoms with Gasteiger partial charge in [-0.15, -0.1) is 0 Å². The van der Waals surface area contributed by atoms with Gasteiger partial charge in [0.15, 0.2) is 5.13 Å². The highest BCUT2D eigenvalue weighted by Crippen LogP contribution is 2.30. The summed E-state index contributed by atoms with van der Waals surface area (Å²) in [5.74, 6) is -0.702. The fourth-order valence-electron chi connectivity index (χ4n) is 3.32. The first-order valence-electron chi connectivity index (χ1n) is 9.34. The van der Waals surface area contributed by atoms with Crippen molar-refractivity contribution in [3.8, 4) is 11.3 Å². The van der Waals surface area contributed by atoms with Gasteiger partial charge in [0.05, 0.1) is 30.9 Å². The van der Waals surface area contributed by atoms with Gasteiger partial charge in [-0.3, -0.25) is 4.79 Å². The lowest BCUT2D eigenvalue weighted by molar-refractivity contribution is -0.115. The lowest BCUT2D eigenvalue weighted by atomic mass is 9.95. The molecule has 0 radical (unpaired) electrons. The molecule has 2 aromatic carbocycles. The number of pyridine rings is 1. The summed E-state index contributed by atoms with van der Waals surface area (Å²) < 4.78 is 4.68. The molecule has 7 heteroatoms. The van der Waals surface area contributed by atoms with Crippen LogP contribution in [0.5, 0.6) is 0 Å². The van der Waals surface area contributed by atoms with Crippen LogP contribution in [0, 0.1) is 6.92 Å². The van der Waals surface area contributed by atoms with E-state index in [1.165, 1.54) is 13.3 Å². The van der Waals surface area contributed by atoms with Gasteiger partial charge in [0.1, 0.15) is 4.88 Å². The Hall–Kier alpha value is -3.58. The number of thiazole rings is 1. The van der Waals surface area contributed by atoms with Gasteiger partial charge >= 0.3 is 5.97 Å². The fraction of sp³-hybridized carbons (Fsp3) is 0.130. The first-order valence-corrected chi connectivity index (χ1v) is 10.2. The maximum atomic E-state index is 12.8. The van der Waals surface area contributed by atoms with Gasteiger partial charge in [-0.25, -0.2) is 14.8 Å². The third kappa shape index (κ3) is 3.92. The van der Waals surface area contributed by atoms with Crippen LogP contribution in [-0.2, 0) is 16.0 Å². The Balaban J connectivity index is 1.69. The molecule has 30 heavy (non-hydrogen) atoms. The van der Waals surface area contributed by atoms with Crippen molar-refractivity contribution < 1.29 is 14.3 Å². The molecule has 0 fully saturated rings. The fourth-order valence-corrected chi connectivity index (χ4v) is 4.07. The number of hydrogen-bond donors (Lipinski definition) is 1. The quantitative estimate of drug-likeness (QED) is 0.479. The van der Waals surface area contributed by atoms with Crippen LogP contribution in [0.25, 0.3) is 22.2 Å². The van der Waals surface area contributed by atoms with Gasteiger partial charge in [-0.1, -0.05) is 59.9 Å². The van der Waals surface area contributed by atoms with Crippen molar-refractivity contribution in [1.29, 1.82) is 0 Å². The van der Waals surface area contributed by atoms with Crippen molar-refractivity contribution in [3.05, 3.63) is 76.8 Å². The number of carbonyl (C=O) groups excluding carboxylic acids is 2. The second-order valence-corrected chi connectivity index (χ2v) is 7.72. The van der Waals surface area contributed by atoms with Gasteiger partial charge in [0, 0.05) is 10.9 Å². The van der Waals surface area contributed by atoms with Crippen molar-refractivity contribution >= 4 is 39.2 Å². The first kappa shape index (κ1) is 19.7. The van der Waals surface area contributed by atoms with E-state index in [0.717, 1.165) is 44.6 Å². The lowest BCUT2D eigenvalue weighted by Crippen LogP contribution is -2.16. The highest BCUT2D eigenvalue weighted by molar-refractivity contribution is 7.17. The number of esters is 1. The molecule has 6 nitrogen and oxygen atoms in total. The van der Waals surface area contributed by atoms with E-state index in [0.29, 0.717) is 10.0 Å². The number of para-hydroxylation sites is 1. The number of fused-ring (bicyclic) bond motifs is 1. The highest BCUT2D eigenvalue weighted by atomic mass is 32.1. The molecule has 0 unspecified atom stereocenters. The molecule has 0 aliphatic rings. The molecule has 0 aliphatic carbocycles. The molecule has 2 heterocycles. The molecular formula is C23H19N3O3S. The summed E-state index contributed by atoms with van der Waals surface area (Å²) in [6, 6.07) is 17.7. The number of nitrogens with zero attached hydrogens (tertiary/aromatic N) is 2. The summed E-state index contributed by atoms with van der Waals surface area (Å²) >= 11 is 1.08. The minimum absolute atomic E-state index is 0.140. The van der Waals surface area contributed by atoms with E-state index in [1.807, 2.05) is 61.5 Å². The Bertz CT molecular complexity index is 1240. The predicted octanol–water partition coefficient (Wildman–Crippen LogP) is 4.63. The second kappa shape index (κ2) is 8.42. The molecule has 2 aromatic heterocycles. The van der Waals surface area contributed by atoms with Crippen molar-refractivity contribution in [3.63, 3.8) is 0 Å². The van der Waals surface area contributed by atoms with Crippen LogP contribution in [-0.4, -0.2) is 29.0 Å². The van der Waals surface area contributed by atoms with Gasteiger partial charge in [0.2, 0.25) is 5.91 Å². The zero-order valence-electron chi connectivity index (χ0n) is 16.5. The molecule has 0 saturated heterocycles. The second-order valence-electron chi connectivity index (χ2n) is 6.69. The van der Waals surface area contributed by atoms with Gasteiger partial charge < -0.3 is 10.1 Å². The molecule has 4 rings (SSSR count). The van der Waals surface area contributed by atoms with Crippen LogP contribution in [0.2, 0.25) is 0 Å². The Kier molecular flexibility index (Phi) is 5.54. The number of nitrogens with one attached hydrogen (secondary N) is 1. The zero-order chi connectivity index (χ0) is 21.1. The number of amides is 1. The van der Waals surface area contributed by atoms with E-state index in [1.54, 1.807) is 0 Å². The predicted molar refractivity (Wildman–Crippen MR) is 118 cm³/mol. The van der Waals surface area contributed by atoms with Gasteiger partial charge in [-0.2, -0.15) is 0 Å². The summed E-state index contributed by atoms with van der Waals surface area (Å²) in [6.45, 7) is 2.01. The molecule has 0 saturated carbocycles. The van der Waals surface area contributed by atoms with Gasteiger partial charge in [-0.05, 0) is 24.1 Å². The minimum atomic E-state index is -0.478. The monoisotopic (exact) mass is 417 g/mol. The molecule has 1 N–H and O–H groups in total. The van der Waals surface area contributed by atoms with Crippen LogP contribution in [0.1, 0.15) is 20.8 Å². The smallest absolute Gasteiger partial charge is 0.349 e. The SMILES string of the molecule is COC(=O)c1cnc(NC(=O)Cc2c(-c3ccccc3)nc3ccccc3c2C)s1. The summed E-state index contributed by atoms with van der Waals surface area (Å²) in [4.78, 5) is 33.7. The Morgan fingerprint density at radius 1 is 1.07 bits per heavy atom. The maximum absolute atomic E-state index is 12.8. The van der Waals surface area contributed by atoms with Crippen molar-refractivity contribution in [2.24, 2.45) is 0 Å². The van der Waals surface area contributed by atoms with Crippen LogP contribution in [0.3, 0.4) is 0 Å². The molecular weight excluding hydrogens is 398 g/mol. The number of hydrogen-bond acceptors (Lipinski definition) is 6. The Morgan fingerprint density at radius 3 is 2.57 bits per heavy atom. The van der Waals surface area contributed by atoms with E-state index in [2.05, 4.69) is 15.0 Å². The van der Waals surface area contributed by atoms with E-state index in [-0.39, 0.29) is 12.3 Å². The van der Waals surface area contributed by atoms with Gasteiger partial charge in [0.25, 0.3) is 0 Å². The molecule has 0 bridgehead atoms. The molecule has 150 valence electrons. The number of carbonyl (C=O) groups is 2. The number of ether oxygens (including phenoxy) is 1. The summed E-state index contributed by atoms with van der Waals surface area (Å²) in [5.41, 5.74) is 4.51. The molecule has 0 spiro atoms. The highest BCUT2D eigenvalue weighted by Gasteiger charge is 2.18. The number of aromatic nitrogens is 2. The first-order chi connectivity index (χ1) is 14.6. The average Bonchev–Trinajstić information content (AvgIpc) is 3.24. The summed E-state index contributed by atoms with van der Waals surface area (Å²) in [6.07, 6.45) is 1.53. The van der Waals surface area contributed by atoms with Crippen molar-refractivity contribution in [2.75, 3.05) is 12.4 Å². The van der Waals surface area contributed by atoms with Crippen LogP contribution < -0.4 is 5.32 Å². The number of aryl methyl sites for hydroxylation is 1. The topological polar surface area (TPSA) is 81.2 Å². The van der Waals surface area contributed by atoms with E-state index >= 15 is 0 Å². The Morgan fingerprint density at radius 2 is 1.80 bits per heavy atom. The van der Waals surface area contributed by atoms with Crippen LogP contribution in [0.15, 0.2) is 60.8 Å². The zero-order valence-corrected chi connectivity index (χ0v) is 17.3. The summed E-state index contributed by atoms with van der Waals surface area (Å²) in [5, 5.41) is 4.15. The standard InChI is InChI=1S/C23H19N3O3S/c1-14-16-10-6-7-11-18(16)25-21(15-8-4-3-5-9-15)17(14)12-20(27)26-23-24-13-19(30-23)22(28)29-2/h3-11,13H,12H2,1-2H3,(H,24,26,27). The van der Waals surface area contributed by atoms with E-state index in [4.69, 9.17) is 4.98 Å². The van der Waals surface area contributed by atoms with Crippen LogP contribution in [0.4, 0.5) is 5.13 Å². The largest absolute Gasteiger partial charge is 0.465 e. The summed E-state index contributed by atoms with van der Waals surface area (Å²) in [7, 11) is 1.31. The molecule has 0 aliphatic heterocycles. The maximum Gasteiger partial charge on any atom is 0.349 e. The third-order valence-corrected chi connectivity index (χ3v) is 5.69. The normalized spacial score (nSPS) is 10.7. The number of anilines is 1. The van der Waals surface area contributed by atoms with Crippen LogP contribution >= 0.6 is 11.3 Å². The van der Waals surface area contributed by atoms with E-state index in [9.17, 15) is 9.59 Å². The minimum Gasteiger partial charge on any atom is -0.465 e. The third-order valence-electron chi connectivity index (χ3n) is 4.80. The number of methoxy groups -OCH3 is 1. The number of rotatable bonds is 5. The number of benzene rings is 2. The lowest BCUT2D eigenvalue weighted by Gasteiger charge is -2.15. The Labute approximate surface area is 177 Å². The molecule has 0 atom stereocenters. The van der Waals surface area contributed by atoms with E-state index < -0.39 is 5.97 Å². The average molecular weight is 417 g/mol.